The van der Waals surface area contributed by atoms with Crippen LogP contribution in [0.2, 0.25) is 0 Å². The van der Waals surface area contributed by atoms with E-state index in [0.717, 1.165) is 23.0 Å². The molecule has 0 aromatic carbocycles. The number of nitrogens with zero attached hydrogens (tertiary/aromatic N) is 1. The largest absolute Gasteiger partial charge is 0.453 e. The van der Waals surface area contributed by atoms with Crippen LogP contribution in [0.1, 0.15) is 38.9 Å². The summed E-state index contributed by atoms with van der Waals surface area (Å²) in [6.45, 7) is 5.53. The SMILES string of the molecule is CCC1CCC(C)N1Cc1ccc(Br)o1. The van der Waals surface area contributed by atoms with Gasteiger partial charge in [-0.25, -0.2) is 0 Å². The van der Waals surface area contributed by atoms with Crippen molar-refractivity contribution in [3.05, 3.63) is 22.6 Å². The van der Waals surface area contributed by atoms with Crippen LogP contribution in [0.5, 0.6) is 0 Å². The van der Waals surface area contributed by atoms with Gasteiger partial charge in [-0.1, -0.05) is 6.92 Å². The Morgan fingerprint density at radius 3 is 2.87 bits per heavy atom. The number of furan rings is 1. The predicted molar refractivity (Wildman–Crippen MR) is 64.7 cm³/mol. The lowest BCUT2D eigenvalue weighted by atomic mass is 10.1. The monoisotopic (exact) mass is 271 g/mol. The molecule has 1 saturated heterocycles. The van der Waals surface area contributed by atoms with Crippen LogP contribution in [0.25, 0.3) is 0 Å². The molecule has 3 heteroatoms. The van der Waals surface area contributed by atoms with Gasteiger partial charge in [-0.05, 0) is 54.2 Å². The number of hydrogen-bond donors (Lipinski definition) is 0. The van der Waals surface area contributed by atoms with Crippen molar-refractivity contribution in [1.29, 1.82) is 0 Å². The Hall–Kier alpha value is -0.280. The topological polar surface area (TPSA) is 16.4 Å². The molecule has 1 aromatic heterocycles. The van der Waals surface area contributed by atoms with E-state index >= 15 is 0 Å². The molecule has 0 spiro atoms. The quantitative estimate of drug-likeness (QED) is 0.832. The zero-order chi connectivity index (χ0) is 10.8. The van der Waals surface area contributed by atoms with Gasteiger partial charge in [-0.15, -0.1) is 0 Å². The van der Waals surface area contributed by atoms with Gasteiger partial charge in [-0.2, -0.15) is 0 Å². The fourth-order valence-corrected chi connectivity index (χ4v) is 2.81. The molecule has 84 valence electrons. The maximum Gasteiger partial charge on any atom is 0.169 e. The highest BCUT2D eigenvalue weighted by Crippen LogP contribution is 2.28. The third-order valence-electron chi connectivity index (χ3n) is 3.39. The molecule has 2 unspecified atom stereocenters. The number of hydrogen-bond acceptors (Lipinski definition) is 2. The Labute approximate surface area is 99.8 Å². The molecule has 0 amide bonds. The summed E-state index contributed by atoms with van der Waals surface area (Å²) in [5.74, 6) is 1.06. The molecular weight excluding hydrogens is 254 g/mol. The third-order valence-corrected chi connectivity index (χ3v) is 3.82. The number of halogens is 1. The second-order valence-corrected chi connectivity index (χ2v) is 5.15. The predicted octanol–water partition coefficient (Wildman–Crippen LogP) is 3.81. The van der Waals surface area contributed by atoms with Crippen LogP contribution in [0.3, 0.4) is 0 Å². The standard InChI is InChI=1S/C12H18BrNO/c1-3-10-5-4-9(2)14(10)8-11-6-7-12(13)15-11/h6-7,9-10H,3-5,8H2,1-2H3. The Morgan fingerprint density at radius 1 is 1.47 bits per heavy atom. The lowest BCUT2D eigenvalue weighted by Gasteiger charge is -2.26. The van der Waals surface area contributed by atoms with Gasteiger partial charge in [0.05, 0.1) is 6.54 Å². The molecule has 0 N–H and O–H groups in total. The molecule has 1 aromatic rings. The average Bonchev–Trinajstić information content (AvgIpc) is 2.76. The molecule has 0 aliphatic carbocycles. The molecule has 1 fully saturated rings. The lowest BCUT2D eigenvalue weighted by Crippen LogP contribution is -2.33. The van der Waals surface area contributed by atoms with Crippen LogP contribution < -0.4 is 0 Å². The molecule has 1 aliphatic heterocycles. The molecular formula is C12H18BrNO. The van der Waals surface area contributed by atoms with Crippen molar-refractivity contribution in [2.45, 2.75) is 51.7 Å². The summed E-state index contributed by atoms with van der Waals surface area (Å²) < 4.78 is 6.39. The van der Waals surface area contributed by atoms with Gasteiger partial charge < -0.3 is 4.42 Å². The molecule has 15 heavy (non-hydrogen) atoms. The summed E-state index contributed by atoms with van der Waals surface area (Å²) in [5, 5.41) is 0. The average molecular weight is 272 g/mol. The normalized spacial score (nSPS) is 27.4. The minimum Gasteiger partial charge on any atom is -0.453 e. The molecule has 0 bridgehead atoms. The fraction of sp³-hybridized carbons (Fsp3) is 0.667. The number of rotatable bonds is 3. The van der Waals surface area contributed by atoms with Crippen molar-refractivity contribution in [2.75, 3.05) is 0 Å². The highest BCUT2D eigenvalue weighted by atomic mass is 79.9. The molecule has 2 rings (SSSR count). The van der Waals surface area contributed by atoms with Gasteiger partial charge in [0.1, 0.15) is 5.76 Å². The highest BCUT2D eigenvalue weighted by molar-refractivity contribution is 9.10. The minimum atomic E-state index is 0.693. The molecule has 2 heterocycles. The maximum atomic E-state index is 5.56. The van der Waals surface area contributed by atoms with Crippen molar-refractivity contribution in [3.8, 4) is 0 Å². The van der Waals surface area contributed by atoms with Gasteiger partial charge in [0.25, 0.3) is 0 Å². The van der Waals surface area contributed by atoms with Crippen molar-refractivity contribution in [2.24, 2.45) is 0 Å². The summed E-state index contributed by atoms with van der Waals surface area (Å²) in [6.07, 6.45) is 3.89. The molecule has 0 saturated carbocycles. The molecule has 0 radical (unpaired) electrons. The van der Waals surface area contributed by atoms with E-state index in [1.807, 2.05) is 6.07 Å². The van der Waals surface area contributed by atoms with E-state index in [4.69, 9.17) is 4.42 Å². The summed E-state index contributed by atoms with van der Waals surface area (Å²) in [6, 6.07) is 5.46. The molecule has 2 nitrogen and oxygen atoms in total. The van der Waals surface area contributed by atoms with Crippen LogP contribution in [0.4, 0.5) is 0 Å². The first-order valence-corrected chi connectivity index (χ1v) is 6.50. The summed E-state index contributed by atoms with van der Waals surface area (Å²) in [7, 11) is 0. The first kappa shape index (κ1) is 11.2. The zero-order valence-corrected chi connectivity index (χ0v) is 11.0. The van der Waals surface area contributed by atoms with Crippen LogP contribution >= 0.6 is 15.9 Å². The minimum absolute atomic E-state index is 0.693. The van der Waals surface area contributed by atoms with Gasteiger partial charge in [0, 0.05) is 12.1 Å². The van der Waals surface area contributed by atoms with Crippen molar-refractivity contribution in [1.82, 2.24) is 4.90 Å². The van der Waals surface area contributed by atoms with E-state index < -0.39 is 0 Å². The Kier molecular flexibility index (Phi) is 3.52. The van der Waals surface area contributed by atoms with Crippen molar-refractivity contribution >= 4 is 15.9 Å². The fourth-order valence-electron chi connectivity index (χ4n) is 2.47. The zero-order valence-electron chi connectivity index (χ0n) is 9.37. The van der Waals surface area contributed by atoms with E-state index in [0.29, 0.717) is 6.04 Å². The van der Waals surface area contributed by atoms with Gasteiger partial charge >= 0.3 is 0 Å². The van der Waals surface area contributed by atoms with Gasteiger partial charge in [0.2, 0.25) is 0 Å². The number of likely N-dealkylation sites (tertiary alicyclic amines) is 1. The molecule has 1 aliphatic rings. The first-order valence-electron chi connectivity index (χ1n) is 5.70. The van der Waals surface area contributed by atoms with Crippen molar-refractivity contribution < 1.29 is 4.42 Å². The summed E-state index contributed by atoms with van der Waals surface area (Å²) in [4.78, 5) is 2.56. The third kappa shape index (κ3) is 2.45. The second kappa shape index (κ2) is 4.71. The van der Waals surface area contributed by atoms with E-state index in [-0.39, 0.29) is 0 Å². The van der Waals surface area contributed by atoms with Crippen LogP contribution in [-0.2, 0) is 6.54 Å². The Balaban J connectivity index is 2.03. The highest BCUT2D eigenvalue weighted by Gasteiger charge is 2.29. The van der Waals surface area contributed by atoms with Gasteiger partial charge in [-0.3, -0.25) is 4.90 Å². The first-order chi connectivity index (χ1) is 7.20. The van der Waals surface area contributed by atoms with Crippen molar-refractivity contribution in [3.63, 3.8) is 0 Å². The van der Waals surface area contributed by atoms with Crippen LogP contribution in [-0.4, -0.2) is 17.0 Å². The van der Waals surface area contributed by atoms with Gasteiger partial charge in [0.15, 0.2) is 4.67 Å². The van der Waals surface area contributed by atoms with E-state index in [9.17, 15) is 0 Å². The maximum absolute atomic E-state index is 5.56. The Morgan fingerprint density at radius 2 is 2.27 bits per heavy atom. The molecule has 2 atom stereocenters. The summed E-state index contributed by atoms with van der Waals surface area (Å²) >= 11 is 3.34. The lowest BCUT2D eigenvalue weighted by molar-refractivity contribution is 0.174. The van der Waals surface area contributed by atoms with E-state index in [2.05, 4.69) is 40.7 Å². The van der Waals surface area contributed by atoms with Crippen LogP contribution in [0.15, 0.2) is 21.2 Å². The second-order valence-electron chi connectivity index (χ2n) is 4.37. The van der Waals surface area contributed by atoms with E-state index in [1.165, 1.54) is 19.3 Å². The van der Waals surface area contributed by atoms with Crippen LogP contribution in [0, 0.1) is 0 Å². The Bertz CT molecular complexity index is 323. The smallest absolute Gasteiger partial charge is 0.169 e. The summed E-state index contributed by atoms with van der Waals surface area (Å²) in [5.41, 5.74) is 0. The van der Waals surface area contributed by atoms with E-state index in [1.54, 1.807) is 0 Å².